The maximum atomic E-state index is 9.54. The third-order valence-electron chi connectivity index (χ3n) is 4.13. The van der Waals surface area contributed by atoms with Crippen LogP contribution in [0, 0.1) is 12.8 Å². The predicted molar refractivity (Wildman–Crippen MR) is 87.0 cm³/mol. The van der Waals surface area contributed by atoms with E-state index in [1.54, 1.807) is 0 Å². The molecule has 0 aromatic heterocycles. The molecule has 2 aromatic rings. The molecule has 2 heteroatoms. The van der Waals surface area contributed by atoms with Crippen LogP contribution in [-0.2, 0) is 13.2 Å². The molecule has 0 saturated heterocycles. The summed E-state index contributed by atoms with van der Waals surface area (Å²) >= 11 is 0. The number of aliphatic hydroxyl groups is 1. The summed E-state index contributed by atoms with van der Waals surface area (Å²) in [5.41, 5.74) is 5.84. The van der Waals surface area contributed by atoms with Crippen LogP contribution < -0.4 is 5.32 Å². The molecule has 0 bridgehead atoms. The second-order valence-corrected chi connectivity index (χ2v) is 6.09. The Kier molecular flexibility index (Phi) is 4.37. The first kappa shape index (κ1) is 14.3. The average molecular weight is 281 g/mol. The van der Waals surface area contributed by atoms with E-state index < -0.39 is 0 Å². The zero-order valence-corrected chi connectivity index (χ0v) is 12.6. The molecule has 3 rings (SSSR count). The van der Waals surface area contributed by atoms with Crippen LogP contribution in [0.4, 0.5) is 0 Å². The van der Waals surface area contributed by atoms with Gasteiger partial charge < -0.3 is 10.4 Å². The van der Waals surface area contributed by atoms with Gasteiger partial charge >= 0.3 is 0 Å². The Morgan fingerprint density at radius 3 is 2.76 bits per heavy atom. The highest BCUT2D eigenvalue weighted by atomic mass is 16.3. The first-order valence-corrected chi connectivity index (χ1v) is 7.76. The molecular formula is C19H23NO. The standard InChI is InChI=1S/C19H23NO/c1-14-5-8-18(13-21)19(9-14)17-4-2-3-16(10-17)12-20-11-15-6-7-15/h2-5,8-10,15,20-21H,6-7,11-13H2,1H3. The summed E-state index contributed by atoms with van der Waals surface area (Å²) in [7, 11) is 0. The zero-order chi connectivity index (χ0) is 14.7. The summed E-state index contributed by atoms with van der Waals surface area (Å²) in [5.74, 6) is 0.908. The predicted octanol–water partition coefficient (Wildman–Crippen LogP) is 3.65. The van der Waals surface area contributed by atoms with Crippen molar-refractivity contribution in [3.63, 3.8) is 0 Å². The number of aliphatic hydroxyl groups excluding tert-OH is 1. The van der Waals surface area contributed by atoms with Crippen LogP contribution in [0.15, 0.2) is 42.5 Å². The number of benzene rings is 2. The van der Waals surface area contributed by atoms with Crippen LogP contribution >= 0.6 is 0 Å². The van der Waals surface area contributed by atoms with Crippen LogP contribution in [-0.4, -0.2) is 11.7 Å². The molecule has 0 aliphatic heterocycles. The van der Waals surface area contributed by atoms with Gasteiger partial charge in [0.2, 0.25) is 0 Å². The zero-order valence-electron chi connectivity index (χ0n) is 12.6. The van der Waals surface area contributed by atoms with Crippen LogP contribution in [0.5, 0.6) is 0 Å². The van der Waals surface area contributed by atoms with Crippen LogP contribution in [0.25, 0.3) is 11.1 Å². The maximum Gasteiger partial charge on any atom is 0.0687 e. The van der Waals surface area contributed by atoms with Gasteiger partial charge in [-0.05, 0) is 60.5 Å². The lowest BCUT2D eigenvalue weighted by atomic mass is 9.96. The van der Waals surface area contributed by atoms with Crippen molar-refractivity contribution < 1.29 is 5.11 Å². The molecule has 0 spiro atoms. The maximum absolute atomic E-state index is 9.54. The molecule has 2 N–H and O–H groups in total. The molecule has 1 saturated carbocycles. The number of aryl methyl sites for hydroxylation is 1. The van der Waals surface area contributed by atoms with E-state index in [2.05, 4.69) is 48.6 Å². The molecule has 0 atom stereocenters. The molecule has 0 unspecified atom stereocenters. The summed E-state index contributed by atoms with van der Waals surface area (Å²) in [4.78, 5) is 0. The Balaban J connectivity index is 1.79. The van der Waals surface area contributed by atoms with Crippen LogP contribution in [0.3, 0.4) is 0 Å². The third-order valence-corrected chi connectivity index (χ3v) is 4.13. The number of hydrogen-bond acceptors (Lipinski definition) is 2. The van der Waals surface area contributed by atoms with Crippen molar-refractivity contribution in [3.05, 3.63) is 59.2 Å². The first-order chi connectivity index (χ1) is 10.3. The van der Waals surface area contributed by atoms with Gasteiger partial charge in [0.25, 0.3) is 0 Å². The topological polar surface area (TPSA) is 32.3 Å². The van der Waals surface area contributed by atoms with Crippen molar-refractivity contribution in [1.29, 1.82) is 0 Å². The smallest absolute Gasteiger partial charge is 0.0687 e. The van der Waals surface area contributed by atoms with Gasteiger partial charge in [-0.2, -0.15) is 0 Å². The first-order valence-electron chi connectivity index (χ1n) is 7.76. The van der Waals surface area contributed by atoms with Crippen molar-refractivity contribution >= 4 is 0 Å². The van der Waals surface area contributed by atoms with Crippen LogP contribution in [0.1, 0.15) is 29.5 Å². The second-order valence-electron chi connectivity index (χ2n) is 6.09. The molecule has 0 radical (unpaired) electrons. The van der Waals surface area contributed by atoms with E-state index in [9.17, 15) is 5.11 Å². The summed E-state index contributed by atoms with van der Waals surface area (Å²) in [6, 6.07) is 14.8. The monoisotopic (exact) mass is 281 g/mol. The highest BCUT2D eigenvalue weighted by Crippen LogP contribution is 2.28. The molecule has 2 aromatic carbocycles. The Bertz CT molecular complexity index is 617. The lowest BCUT2D eigenvalue weighted by Gasteiger charge is -2.11. The minimum atomic E-state index is 0.0831. The van der Waals surface area contributed by atoms with Gasteiger partial charge in [0.05, 0.1) is 6.61 Å². The fourth-order valence-electron chi connectivity index (χ4n) is 2.69. The summed E-state index contributed by atoms with van der Waals surface area (Å²) in [6.45, 7) is 4.23. The molecule has 2 nitrogen and oxygen atoms in total. The van der Waals surface area contributed by atoms with E-state index in [0.29, 0.717) is 0 Å². The van der Waals surface area contributed by atoms with E-state index in [1.807, 2.05) is 6.07 Å². The highest BCUT2D eigenvalue weighted by Gasteiger charge is 2.20. The van der Waals surface area contributed by atoms with Crippen LogP contribution in [0.2, 0.25) is 0 Å². The van der Waals surface area contributed by atoms with Gasteiger partial charge in [-0.15, -0.1) is 0 Å². The normalized spacial score (nSPS) is 14.4. The van der Waals surface area contributed by atoms with E-state index in [-0.39, 0.29) is 6.61 Å². The van der Waals surface area contributed by atoms with E-state index in [1.165, 1.54) is 29.5 Å². The molecule has 1 fully saturated rings. The molecule has 0 heterocycles. The van der Waals surface area contributed by atoms with Gasteiger partial charge in [0.15, 0.2) is 0 Å². The number of hydrogen-bond donors (Lipinski definition) is 2. The van der Waals surface area contributed by atoms with Crippen molar-refractivity contribution in [1.82, 2.24) is 5.32 Å². The van der Waals surface area contributed by atoms with E-state index >= 15 is 0 Å². The Labute approximate surface area is 126 Å². The SMILES string of the molecule is Cc1ccc(CO)c(-c2cccc(CNCC3CC3)c2)c1. The Morgan fingerprint density at radius 2 is 2.00 bits per heavy atom. The largest absolute Gasteiger partial charge is 0.392 e. The molecule has 1 aliphatic rings. The van der Waals surface area contributed by atoms with Gasteiger partial charge in [0, 0.05) is 6.54 Å². The van der Waals surface area contributed by atoms with Gasteiger partial charge in [-0.1, -0.05) is 42.0 Å². The number of nitrogens with one attached hydrogen (secondary N) is 1. The fraction of sp³-hybridized carbons (Fsp3) is 0.368. The van der Waals surface area contributed by atoms with Gasteiger partial charge in [-0.3, -0.25) is 0 Å². The lowest BCUT2D eigenvalue weighted by Crippen LogP contribution is -2.16. The lowest BCUT2D eigenvalue weighted by molar-refractivity contribution is 0.282. The highest BCUT2D eigenvalue weighted by molar-refractivity contribution is 5.68. The van der Waals surface area contributed by atoms with Crippen molar-refractivity contribution in [2.75, 3.05) is 6.54 Å². The van der Waals surface area contributed by atoms with Crippen molar-refractivity contribution in [3.8, 4) is 11.1 Å². The molecular weight excluding hydrogens is 258 g/mol. The molecule has 1 aliphatic carbocycles. The fourth-order valence-corrected chi connectivity index (χ4v) is 2.69. The average Bonchev–Trinajstić information content (AvgIpc) is 3.32. The summed E-state index contributed by atoms with van der Waals surface area (Å²) in [5, 5.41) is 13.1. The minimum Gasteiger partial charge on any atom is -0.392 e. The summed E-state index contributed by atoms with van der Waals surface area (Å²) in [6.07, 6.45) is 2.77. The third kappa shape index (κ3) is 3.72. The molecule has 0 amide bonds. The van der Waals surface area contributed by atoms with Crippen molar-refractivity contribution in [2.45, 2.75) is 32.9 Å². The Hall–Kier alpha value is -1.64. The van der Waals surface area contributed by atoms with Crippen molar-refractivity contribution in [2.24, 2.45) is 5.92 Å². The number of rotatable bonds is 6. The quantitative estimate of drug-likeness (QED) is 0.847. The molecule has 110 valence electrons. The minimum absolute atomic E-state index is 0.0831. The Morgan fingerprint density at radius 1 is 1.14 bits per heavy atom. The van der Waals surface area contributed by atoms with E-state index in [4.69, 9.17) is 0 Å². The summed E-state index contributed by atoms with van der Waals surface area (Å²) < 4.78 is 0. The molecule has 21 heavy (non-hydrogen) atoms. The van der Waals surface area contributed by atoms with Gasteiger partial charge in [-0.25, -0.2) is 0 Å². The van der Waals surface area contributed by atoms with E-state index in [0.717, 1.165) is 30.1 Å². The second kappa shape index (κ2) is 6.42. The van der Waals surface area contributed by atoms with Gasteiger partial charge in [0.1, 0.15) is 0 Å².